The average molecular weight is 182 g/mol. The first kappa shape index (κ1) is 10.8. The Hall–Kier alpha value is -0.315. The topological polar surface area (TPSA) is 49.7 Å². The molecule has 4 atom stereocenters. The van der Waals surface area contributed by atoms with Gasteiger partial charge >= 0.3 is 0 Å². The van der Waals surface area contributed by atoms with Crippen molar-refractivity contribution in [1.29, 1.82) is 0 Å². The molecule has 0 aromatic rings. The highest BCUT2D eigenvalue weighted by atomic mass is 16.5. The fourth-order valence-electron chi connectivity index (χ4n) is 1.69. The molecule has 0 aromatic carbocycles. The lowest BCUT2D eigenvalue weighted by Crippen LogP contribution is -2.42. The van der Waals surface area contributed by atoms with E-state index in [9.17, 15) is 5.11 Å². The zero-order valence-corrected chi connectivity index (χ0v) is 8.03. The third-order valence-electron chi connectivity index (χ3n) is 2.61. The van der Waals surface area contributed by atoms with Gasteiger partial charge in [0.15, 0.2) is 0 Å². The van der Waals surface area contributed by atoms with E-state index in [0.29, 0.717) is 0 Å². The smallest absolute Gasteiger partial charge is 0.114 e. The van der Waals surface area contributed by atoms with Crippen molar-refractivity contribution in [2.24, 2.45) is 5.92 Å². The molecule has 0 bridgehead atoms. The van der Waals surface area contributed by atoms with Gasteiger partial charge in [0.1, 0.15) is 13.4 Å². The molecule has 0 amide bonds. The minimum absolute atomic E-state index is 0.244. The fraction of sp³-hybridized carbons (Fsp3) is 0.778. The Labute approximate surface area is 79.8 Å². The van der Waals surface area contributed by atoms with Crippen molar-refractivity contribution in [2.45, 2.75) is 31.6 Å². The quantitative estimate of drug-likeness (QED) is 0.459. The van der Waals surface area contributed by atoms with E-state index in [1.54, 1.807) is 13.8 Å². The van der Waals surface area contributed by atoms with Gasteiger partial charge in [-0.05, 0) is 13.8 Å². The van der Waals surface area contributed by atoms with Crippen molar-refractivity contribution >= 4 is 7.85 Å². The fourth-order valence-corrected chi connectivity index (χ4v) is 1.69. The maximum absolute atomic E-state index is 9.82. The van der Waals surface area contributed by atoms with Gasteiger partial charge in [-0.2, -0.15) is 0 Å². The van der Waals surface area contributed by atoms with Crippen molar-refractivity contribution in [3.8, 4) is 0 Å². The largest absolute Gasteiger partial charge is 0.393 e. The highest BCUT2D eigenvalue weighted by Crippen LogP contribution is 2.37. The van der Waals surface area contributed by atoms with E-state index in [0.717, 1.165) is 5.57 Å². The summed E-state index contributed by atoms with van der Waals surface area (Å²) in [6.07, 6.45) is -0.787. The molecule has 0 spiro atoms. The lowest BCUT2D eigenvalue weighted by molar-refractivity contribution is -0.0846. The Kier molecular flexibility index (Phi) is 2.85. The first-order valence-electron chi connectivity index (χ1n) is 4.30. The molecule has 1 heterocycles. The molecule has 2 N–H and O–H groups in total. The summed E-state index contributed by atoms with van der Waals surface area (Å²) in [6.45, 7) is 6.92. The van der Waals surface area contributed by atoms with Crippen molar-refractivity contribution < 1.29 is 14.9 Å². The van der Waals surface area contributed by atoms with Crippen LogP contribution in [0.1, 0.15) is 13.8 Å². The van der Waals surface area contributed by atoms with E-state index >= 15 is 0 Å². The number of ether oxygens (including phenoxy) is 1. The van der Waals surface area contributed by atoms with Crippen molar-refractivity contribution in [3.05, 3.63) is 12.2 Å². The summed E-state index contributed by atoms with van der Waals surface area (Å²) in [5.41, 5.74) is -0.180. The number of hydrogen-bond donors (Lipinski definition) is 2. The normalized spacial score (nSPS) is 45.1. The number of hydrogen-bond acceptors (Lipinski definition) is 3. The summed E-state index contributed by atoms with van der Waals surface area (Å²) < 4.78 is 5.30. The Bertz CT molecular complexity index is 219. The number of aliphatic hydroxyl groups excluding tert-OH is 2. The molecule has 4 heteroatoms. The number of rotatable bonds is 2. The highest BCUT2D eigenvalue weighted by Gasteiger charge is 2.49. The highest BCUT2D eigenvalue weighted by molar-refractivity contribution is 6.11. The molecule has 0 saturated carbocycles. The second-order valence-electron chi connectivity index (χ2n) is 3.87. The Morgan fingerprint density at radius 3 is 2.46 bits per heavy atom. The van der Waals surface area contributed by atoms with Crippen molar-refractivity contribution in [1.82, 2.24) is 0 Å². The van der Waals surface area contributed by atoms with Gasteiger partial charge in [-0.15, -0.1) is 0 Å². The Morgan fingerprint density at radius 1 is 1.69 bits per heavy atom. The molecule has 1 aliphatic rings. The number of aliphatic hydroxyl groups is 2. The van der Waals surface area contributed by atoms with Gasteiger partial charge < -0.3 is 14.9 Å². The molecule has 0 unspecified atom stereocenters. The van der Waals surface area contributed by atoms with Crippen LogP contribution in [0.3, 0.4) is 0 Å². The Morgan fingerprint density at radius 2 is 2.23 bits per heavy atom. The van der Waals surface area contributed by atoms with Crippen molar-refractivity contribution in [2.75, 3.05) is 6.61 Å². The summed E-state index contributed by atoms with van der Waals surface area (Å²) in [4.78, 5) is 0. The van der Waals surface area contributed by atoms with Crippen LogP contribution in [0.15, 0.2) is 12.2 Å². The zero-order valence-electron chi connectivity index (χ0n) is 8.03. The summed E-state index contributed by atoms with van der Waals surface area (Å²) in [7, 11) is 5.67. The minimum atomic E-state index is -0.955. The van der Waals surface area contributed by atoms with Crippen LogP contribution in [-0.4, -0.2) is 42.4 Å². The Balaban J connectivity index is 2.87. The standard InChI is InChI=1S/C9H15BO3/c1-5(2)6-7(12)9(3,4-11)13-8(6)10/h6-8,11-12H,1,4H2,2-3H3/t6-,7-,8-,9-/m1/s1. The molecule has 2 radical (unpaired) electrons. The molecule has 72 valence electrons. The van der Waals surface area contributed by atoms with Crippen LogP contribution in [-0.2, 0) is 4.74 Å². The van der Waals surface area contributed by atoms with E-state index in [4.69, 9.17) is 17.7 Å². The maximum Gasteiger partial charge on any atom is 0.114 e. The minimum Gasteiger partial charge on any atom is -0.393 e. The molecular weight excluding hydrogens is 167 g/mol. The summed E-state index contributed by atoms with van der Waals surface area (Å²) in [5.74, 6) is -0.294. The van der Waals surface area contributed by atoms with Crippen molar-refractivity contribution in [3.63, 3.8) is 0 Å². The van der Waals surface area contributed by atoms with Gasteiger partial charge in [0.05, 0.1) is 12.7 Å². The molecule has 13 heavy (non-hydrogen) atoms. The van der Waals surface area contributed by atoms with Crippen LogP contribution in [0.25, 0.3) is 0 Å². The van der Waals surface area contributed by atoms with E-state index in [2.05, 4.69) is 6.58 Å². The van der Waals surface area contributed by atoms with Crippen LogP contribution < -0.4 is 0 Å². The average Bonchev–Trinajstić information content (AvgIpc) is 2.24. The predicted octanol–water partition coefficient (Wildman–Crippen LogP) is -0.185. The zero-order chi connectivity index (χ0) is 10.2. The second kappa shape index (κ2) is 3.44. The van der Waals surface area contributed by atoms with Crippen LogP contribution in [0.4, 0.5) is 0 Å². The third kappa shape index (κ3) is 1.66. The van der Waals surface area contributed by atoms with Crippen LogP contribution in [0.5, 0.6) is 0 Å². The summed E-state index contributed by atoms with van der Waals surface area (Å²) >= 11 is 0. The summed E-state index contributed by atoms with van der Waals surface area (Å²) in [6, 6.07) is -0.579. The molecule has 0 aromatic heterocycles. The van der Waals surface area contributed by atoms with Crippen LogP contribution in [0, 0.1) is 5.92 Å². The van der Waals surface area contributed by atoms with Gasteiger partial charge in [0, 0.05) is 11.9 Å². The van der Waals surface area contributed by atoms with Crippen LogP contribution >= 0.6 is 0 Å². The first-order chi connectivity index (χ1) is 5.92. The predicted molar refractivity (Wildman–Crippen MR) is 50.4 cm³/mol. The first-order valence-corrected chi connectivity index (χ1v) is 4.30. The molecular formula is C9H15BO3. The van der Waals surface area contributed by atoms with Gasteiger partial charge in [-0.3, -0.25) is 0 Å². The lowest BCUT2D eigenvalue weighted by Gasteiger charge is -2.26. The van der Waals surface area contributed by atoms with E-state index in [-0.39, 0.29) is 12.5 Å². The maximum atomic E-state index is 9.82. The lowest BCUT2D eigenvalue weighted by atomic mass is 9.79. The molecule has 1 aliphatic heterocycles. The third-order valence-corrected chi connectivity index (χ3v) is 2.61. The van der Waals surface area contributed by atoms with Gasteiger partial charge in [-0.25, -0.2) is 0 Å². The van der Waals surface area contributed by atoms with Crippen LogP contribution in [0.2, 0.25) is 0 Å². The van der Waals surface area contributed by atoms with Gasteiger partial charge in [0.2, 0.25) is 0 Å². The molecule has 3 nitrogen and oxygen atoms in total. The molecule has 1 fully saturated rings. The molecule has 1 rings (SSSR count). The monoisotopic (exact) mass is 182 g/mol. The van der Waals surface area contributed by atoms with E-state index in [1.165, 1.54) is 0 Å². The van der Waals surface area contributed by atoms with Gasteiger partial charge in [0.25, 0.3) is 0 Å². The van der Waals surface area contributed by atoms with E-state index < -0.39 is 17.7 Å². The molecule has 0 aliphatic carbocycles. The van der Waals surface area contributed by atoms with E-state index in [1.807, 2.05) is 0 Å². The molecule has 1 saturated heterocycles. The second-order valence-corrected chi connectivity index (χ2v) is 3.87. The summed E-state index contributed by atoms with van der Waals surface area (Å²) in [5, 5.41) is 18.9. The van der Waals surface area contributed by atoms with Gasteiger partial charge in [-0.1, -0.05) is 12.2 Å². The SMILES string of the molecule is [B][C@@H]1O[C@](C)(CO)[C@H](O)[C@H]1C(=C)C.